The van der Waals surface area contributed by atoms with Crippen molar-refractivity contribution < 1.29 is 14.2 Å². The van der Waals surface area contributed by atoms with Gasteiger partial charge in [-0.3, -0.25) is 5.10 Å². The molecule has 24 heavy (non-hydrogen) atoms. The van der Waals surface area contributed by atoms with Crippen molar-refractivity contribution in [2.45, 2.75) is 13.8 Å². The van der Waals surface area contributed by atoms with Crippen LogP contribution in [0.4, 0.5) is 11.6 Å². The highest BCUT2D eigenvalue weighted by molar-refractivity contribution is 5.92. The Morgan fingerprint density at radius 1 is 1.04 bits per heavy atom. The molecule has 0 saturated heterocycles. The molecule has 0 atom stereocenters. The van der Waals surface area contributed by atoms with Gasteiger partial charge < -0.3 is 19.5 Å². The van der Waals surface area contributed by atoms with E-state index in [4.69, 9.17) is 14.2 Å². The molecule has 0 spiro atoms. The van der Waals surface area contributed by atoms with E-state index >= 15 is 0 Å². The van der Waals surface area contributed by atoms with Crippen LogP contribution in [-0.4, -0.2) is 36.0 Å². The topological polar surface area (TPSA) is 81.3 Å². The minimum atomic E-state index is 0.515. The number of nitrogens with one attached hydrogen (secondary N) is 2. The molecular formula is C17H20N4O3. The van der Waals surface area contributed by atoms with Gasteiger partial charge in [-0.1, -0.05) is 0 Å². The molecule has 3 rings (SSSR count). The number of hydrogen-bond donors (Lipinski definition) is 2. The van der Waals surface area contributed by atoms with E-state index in [0.29, 0.717) is 35.6 Å². The Hall–Kier alpha value is -2.96. The van der Waals surface area contributed by atoms with E-state index in [0.717, 1.165) is 16.5 Å². The molecule has 0 radical (unpaired) electrons. The minimum absolute atomic E-state index is 0.515. The van der Waals surface area contributed by atoms with E-state index in [9.17, 15) is 0 Å². The van der Waals surface area contributed by atoms with Crippen molar-refractivity contribution in [3.8, 4) is 17.4 Å². The molecule has 0 bridgehead atoms. The number of H-pyrrole nitrogens is 1. The molecule has 0 saturated carbocycles. The molecular weight excluding hydrogens is 308 g/mol. The summed E-state index contributed by atoms with van der Waals surface area (Å²) in [5.74, 6) is 3.16. The number of aryl methyl sites for hydroxylation is 1. The molecule has 2 aromatic heterocycles. The Kier molecular flexibility index (Phi) is 4.41. The Morgan fingerprint density at radius 2 is 1.79 bits per heavy atom. The first-order valence-corrected chi connectivity index (χ1v) is 7.63. The lowest BCUT2D eigenvalue weighted by Crippen LogP contribution is -2.01. The molecule has 0 amide bonds. The second-order valence-electron chi connectivity index (χ2n) is 5.24. The third kappa shape index (κ3) is 3.05. The number of hydrogen-bond acceptors (Lipinski definition) is 6. The van der Waals surface area contributed by atoms with Crippen LogP contribution >= 0.6 is 0 Å². The monoisotopic (exact) mass is 328 g/mol. The first-order valence-electron chi connectivity index (χ1n) is 7.63. The van der Waals surface area contributed by atoms with Crippen LogP contribution in [0.2, 0.25) is 0 Å². The number of pyridine rings is 1. The van der Waals surface area contributed by atoms with Crippen LogP contribution in [0, 0.1) is 6.92 Å². The zero-order chi connectivity index (χ0) is 17.1. The fourth-order valence-corrected chi connectivity index (χ4v) is 2.47. The van der Waals surface area contributed by atoms with Crippen molar-refractivity contribution in [1.82, 2.24) is 15.2 Å². The van der Waals surface area contributed by atoms with Crippen molar-refractivity contribution in [2.75, 3.05) is 26.1 Å². The maximum absolute atomic E-state index is 5.70. The van der Waals surface area contributed by atoms with E-state index < -0.39 is 0 Å². The molecule has 2 heterocycles. The lowest BCUT2D eigenvalue weighted by molar-refractivity contribution is 0.331. The zero-order valence-electron chi connectivity index (χ0n) is 14.1. The van der Waals surface area contributed by atoms with Crippen LogP contribution in [0.15, 0.2) is 24.3 Å². The Bertz CT molecular complexity index is 860. The van der Waals surface area contributed by atoms with Crippen LogP contribution in [0.5, 0.6) is 17.4 Å². The van der Waals surface area contributed by atoms with Crippen molar-refractivity contribution >= 4 is 22.4 Å². The van der Waals surface area contributed by atoms with Gasteiger partial charge in [0.2, 0.25) is 5.88 Å². The average molecular weight is 328 g/mol. The van der Waals surface area contributed by atoms with Crippen LogP contribution in [0.1, 0.15) is 12.6 Å². The first kappa shape index (κ1) is 15.9. The first-order chi connectivity index (χ1) is 11.6. The number of ether oxygens (including phenoxy) is 3. The predicted molar refractivity (Wildman–Crippen MR) is 92.6 cm³/mol. The third-order valence-electron chi connectivity index (χ3n) is 3.54. The summed E-state index contributed by atoms with van der Waals surface area (Å²) in [4.78, 5) is 4.54. The summed E-state index contributed by atoms with van der Waals surface area (Å²) in [5.41, 5.74) is 0.967. The molecule has 7 nitrogen and oxygen atoms in total. The van der Waals surface area contributed by atoms with Crippen LogP contribution in [0.25, 0.3) is 10.8 Å². The highest BCUT2D eigenvalue weighted by atomic mass is 16.5. The number of fused-ring (bicyclic) bond motifs is 1. The lowest BCUT2D eigenvalue weighted by atomic mass is 10.1. The largest absolute Gasteiger partial charge is 0.493 e. The maximum atomic E-state index is 5.70. The van der Waals surface area contributed by atoms with Gasteiger partial charge in [0.15, 0.2) is 17.3 Å². The molecule has 0 unspecified atom stereocenters. The molecule has 1 aromatic carbocycles. The summed E-state index contributed by atoms with van der Waals surface area (Å²) in [6.45, 7) is 4.38. The third-order valence-corrected chi connectivity index (χ3v) is 3.54. The van der Waals surface area contributed by atoms with Gasteiger partial charge in [-0.25, -0.2) is 0 Å². The second-order valence-corrected chi connectivity index (χ2v) is 5.24. The van der Waals surface area contributed by atoms with Gasteiger partial charge in [0.05, 0.1) is 20.8 Å². The fraction of sp³-hybridized carbons (Fsp3) is 0.294. The van der Waals surface area contributed by atoms with Crippen molar-refractivity contribution in [1.29, 1.82) is 0 Å². The zero-order valence-corrected chi connectivity index (χ0v) is 14.1. The summed E-state index contributed by atoms with van der Waals surface area (Å²) in [6.07, 6.45) is 0. The second kappa shape index (κ2) is 6.66. The number of benzene rings is 1. The van der Waals surface area contributed by atoms with E-state index in [2.05, 4.69) is 20.5 Å². The Labute approximate surface area is 140 Å². The van der Waals surface area contributed by atoms with E-state index in [1.54, 1.807) is 14.2 Å². The SMILES string of the molecule is CCOc1nc(Nc2cc(C)[nH]n2)cc2cc(OC)c(OC)cc12. The summed E-state index contributed by atoms with van der Waals surface area (Å²) in [7, 11) is 3.22. The van der Waals surface area contributed by atoms with Crippen molar-refractivity contribution in [3.05, 3.63) is 30.0 Å². The molecule has 126 valence electrons. The lowest BCUT2D eigenvalue weighted by Gasteiger charge is -2.13. The standard InChI is InChI=1S/C17H20N4O3/c1-5-24-17-12-9-14(23-4)13(22-3)7-11(12)8-15(19-17)18-16-6-10(2)20-21-16/h6-9H,5H2,1-4H3,(H2,18,19,20,21). The number of rotatable bonds is 6. The van der Waals surface area contributed by atoms with Gasteiger partial charge in [0.25, 0.3) is 0 Å². The molecule has 0 fully saturated rings. The summed E-state index contributed by atoms with van der Waals surface area (Å²) < 4.78 is 16.4. The average Bonchev–Trinajstić information content (AvgIpc) is 2.98. The van der Waals surface area contributed by atoms with E-state index in [-0.39, 0.29) is 0 Å². The summed E-state index contributed by atoms with van der Waals surface area (Å²) in [5, 5.41) is 12.0. The fourth-order valence-electron chi connectivity index (χ4n) is 2.47. The van der Waals surface area contributed by atoms with Crippen LogP contribution in [0.3, 0.4) is 0 Å². The highest BCUT2D eigenvalue weighted by Gasteiger charge is 2.13. The molecule has 0 aliphatic heterocycles. The van der Waals surface area contributed by atoms with Crippen molar-refractivity contribution in [2.24, 2.45) is 0 Å². The predicted octanol–water partition coefficient (Wildman–Crippen LogP) is 3.43. The molecule has 0 aliphatic rings. The minimum Gasteiger partial charge on any atom is -0.493 e. The maximum Gasteiger partial charge on any atom is 0.223 e. The molecule has 0 aliphatic carbocycles. The quantitative estimate of drug-likeness (QED) is 0.721. The molecule has 2 N–H and O–H groups in total. The van der Waals surface area contributed by atoms with Crippen LogP contribution < -0.4 is 19.5 Å². The molecule has 3 aromatic rings. The van der Waals surface area contributed by atoms with E-state index in [1.807, 2.05) is 38.1 Å². The summed E-state index contributed by atoms with van der Waals surface area (Å²) in [6, 6.07) is 7.60. The van der Waals surface area contributed by atoms with Gasteiger partial charge >= 0.3 is 0 Å². The van der Waals surface area contributed by atoms with E-state index in [1.165, 1.54) is 0 Å². The van der Waals surface area contributed by atoms with Gasteiger partial charge in [-0.15, -0.1) is 0 Å². The number of anilines is 2. The number of aromatic nitrogens is 3. The van der Waals surface area contributed by atoms with Gasteiger partial charge in [-0.05, 0) is 37.4 Å². The Balaban J connectivity index is 2.10. The normalized spacial score (nSPS) is 10.7. The van der Waals surface area contributed by atoms with Gasteiger partial charge in [0.1, 0.15) is 5.82 Å². The summed E-state index contributed by atoms with van der Waals surface area (Å²) >= 11 is 0. The number of nitrogens with zero attached hydrogens (tertiary/aromatic N) is 2. The Morgan fingerprint density at radius 3 is 2.42 bits per heavy atom. The van der Waals surface area contributed by atoms with Crippen molar-refractivity contribution in [3.63, 3.8) is 0 Å². The highest BCUT2D eigenvalue weighted by Crippen LogP contribution is 2.37. The number of methoxy groups -OCH3 is 2. The number of aromatic amines is 1. The van der Waals surface area contributed by atoms with Gasteiger partial charge in [0, 0.05) is 17.1 Å². The van der Waals surface area contributed by atoms with Gasteiger partial charge in [-0.2, -0.15) is 10.1 Å². The molecule has 7 heteroatoms. The smallest absolute Gasteiger partial charge is 0.223 e. The van der Waals surface area contributed by atoms with Crippen LogP contribution in [-0.2, 0) is 0 Å².